The SMILES string of the molecule is CCOC(C[SiH2]C(C)[Si](OCC)(OCC)OCC)OCC. The smallest absolute Gasteiger partial charge is 0.374 e. The summed E-state index contributed by atoms with van der Waals surface area (Å²) in [6.45, 7) is 15.4. The monoisotopic (exact) mass is 338 g/mol. The van der Waals surface area contributed by atoms with E-state index in [4.69, 9.17) is 22.8 Å². The molecule has 0 aliphatic rings. The first kappa shape index (κ1) is 21.2. The maximum atomic E-state index is 5.97. The van der Waals surface area contributed by atoms with Crippen LogP contribution in [0.15, 0.2) is 0 Å². The minimum Gasteiger partial charge on any atom is -0.374 e. The third-order valence-corrected chi connectivity index (χ3v) is 10.5. The van der Waals surface area contributed by atoms with E-state index in [1.165, 1.54) is 0 Å². The quantitative estimate of drug-likeness (QED) is 0.359. The van der Waals surface area contributed by atoms with Crippen LogP contribution in [0, 0.1) is 0 Å². The largest absolute Gasteiger partial charge is 0.500 e. The number of hydrogen-bond acceptors (Lipinski definition) is 5. The summed E-state index contributed by atoms with van der Waals surface area (Å²) in [5, 5.41) is 0.362. The molecule has 0 aliphatic carbocycles. The van der Waals surface area contributed by atoms with Crippen molar-refractivity contribution in [3.63, 3.8) is 0 Å². The van der Waals surface area contributed by atoms with Crippen molar-refractivity contribution in [3.8, 4) is 0 Å². The average Bonchev–Trinajstić information content (AvgIpc) is 2.45. The predicted molar refractivity (Wildman–Crippen MR) is 90.4 cm³/mol. The standard InChI is InChI=1S/C14H34O5Si2/c1-7-15-14(16-8-2)12-20-13(6)21(17-9-3,18-10-4)19-11-5/h13-14H,7-12,20H2,1-6H3. The summed E-state index contributed by atoms with van der Waals surface area (Å²) in [7, 11) is -3.04. The van der Waals surface area contributed by atoms with E-state index in [0.717, 1.165) is 6.04 Å². The Morgan fingerprint density at radius 1 is 0.762 bits per heavy atom. The molecule has 0 heterocycles. The summed E-state index contributed by atoms with van der Waals surface area (Å²) in [6.07, 6.45) is -0.0919. The molecule has 0 spiro atoms. The molecule has 0 fully saturated rings. The topological polar surface area (TPSA) is 46.2 Å². The van der Waals surface area contributed by atoms with Crippen LogP contribution in [0.25, 0.3) is 0 Å². The first-order chi connectivity index (χ1) is 10.1. The van der Waals surface area contributed by atoms with Gasteiger partial charge >= 0.3 is 8.80 Å². The summed E-state index contributed by atoms with van der Waals surface area (Å²) in [4.78, 5) is 0. The summed E-state index contributed by atoms with van der Waals surface area (Å²) in [5.41, 5.74) is 0. The average molecular weight is 339 g/mol. The molecule has 0 amide bonds. The molecule has 1 unspecified atom stereocenters. The van der Waals surface area contributed by atoms with Gasteiger partial charge in [0.25, 0.3) is 0 Å². The lowest BCUT2D eigenvalue weighted by atomic mass is 10.7. The second-order valence-corrected chi connectivity index (χ2v) is 11.0. The maximum Gasteiger partial charge on any atom is 0.500 e. The Bertz CT molecular complexity index is 220. The molecule has 21 heavy (non-hydrogen) atoms. The fourth-order valence-electron chi connectivity index (χ4n) is 2.30. The van der Waals surface area contributed by atoms with E-state index in [0.29, 0.717) is 38.2 Å². The molecule has 0 aliphatic heterocycles. The third-order valence-electron chi connectivity index (χ3n) is 3.18. The van der Waals surface area contributed by atoms with Gasteiger partial charge in [-0.3, -0.25) is 0 Å². The molecule has 0 saturated carbocycles. The number of hydrogen-bond donors (Lipinski definition) is 0. The van der Waals surface area contributed by atoms with E-state index in [2.05, 4.69) is 6.92 Å². The summed E-state index contributed by atoms with van der Waals surface area (Å²) >= 11 is 0. The predicted octanol–water partition coefficient (Wildman–Crippen LogP) is 2.37. The number of ether oxygens (including phenoxy) is 2. The van der Waals surface area contributed by atoms with Crippen molar-refractivity contribution in [2.24, 2.45) is 0 Å². The molecule has 0 aromatic carbocycles. The van der Waals surface area contributed by atoms with E-state index >= 15 is 0 Å². The lowest BCUT2D eigenvalue weighted by Crippen LogP contribution is -2.51. The maximum absolute atomic E-state index is 5.97. The Morgan fingerprint density at radius 3 is 1.52 bits per heavy atom. The van der Waals surface area contributed by atoms with E-state index in [1.54, 1.807) is 0 Å². The molecule has 0 N–H and O–H groups in total. The van der Waals surface area contributed by atoms with Gasteiger partial charge < -0.3 is 22.8 Å². The van der Waals surface area contributed by atoms with Crippen LogP contribution in [-0.2, 0) is 22.8 Å². The highest BCUT2D eigenvalue weighted by atomic mass is 28.4. The van der Waals surface area contributed by atoms with Crippen molar-refractivity contribution in [2.75, 3.05) is 33.0 Å². The van der Waals surface area contributed by atoms with Crippen molar-refractivity contribution < 1.29 is 22.8 Å². The molecule has 1 atom stereocenters. The zero-order valence-corrected chi connectivity index (χ0v) is 17.1. The molecule has 5 nitrogen and oxygen atoms in total. The Balaban J connectivity index is 4.65. The summed E-state index contributed by atoms with van der Waals surface area (Å²) < 4.78 is 29.2. The highest BCUT2D eigenvalue weighted by Crippen LogP contribution is 2.26. The number of rotatable bonds is 14. The van der Waals surface area contributed by atoms with E-state index < -0.39 is 18.3 Å². The Kier molecular flexibility index (Phi) is 12.9. The van der Waals surface area contributed by atoms with Crippen LogP contribution < -0.4 is 0 Å². The van der Waals surface area contributed by atoms with E-state index in [9.17, 15) is 0 Å². The van der Waals surface area contributed by atoms with E-state index in [-0.39, 0.29) is 6.29 Å². The Morgan fingerprint density at radius 2 is 1.19 bits per heavy atom. The molecular formula is C14H34O5Si2. The summed E-state index contributed by atoms with van der Waals surface area (Å²) in [5.74, 6) is 0. The highest BCUT2D eigenvalue weighted by Gasteiger charge is 2.46. The van der Waals surface area contributed by atoms with Gasteiger partial charge in [-0.05, 0) is 40.7 Å². The zero-order chi connectivity index (χ0) is 16.1. The van der Waals surface area contributed by atoms with Crippen LogP contribution >= 0.6 is 0 Å². The van der Waals surface area contributed by atoms with Crippen molar-refractivity contribution >= 4 is 18.3 Å². The Hall–Kier alpha value is 0.234. The van der Waals surface area contributed by atoms with Gasteiger partial charge in [-0.1, -0.05) is 6.92 Å². The minimum atomic E-state index is -2.56. The van der Waals surface area contributed by atoms with Crippen LogP contribution in [0.1, 0.15) is 41.5 Å². The second-order valence-electron chi connectivity index (χ2n) is 4.72. The molecule has 0 radical (unpaired) electrons. The first-order valence-corrected chi connectivity index (χ1v) is 11.9. The van der Waals surface area contributed by atoms with Crippen LogP contribution in [0.5, 0.6) is 0 Å². The second kappa shape index (κ2) is 12.7. The minimum absolute atomic E-state index is 0.0919. The lowest BCUT2D eigenvalue weighted by Gasteiger charge is -2.33. The van der Waals surface area contributed by atoms with Crippen LogP contribution in [0.4, 0.5) is 0 Å². The molecule has 128 valence electrons. The van der Waals surface area contributed by atoms with Crippen LogP contribution in [0.2, 0.25) is 11.2 Å². The molecule has 0 bridgehead atoms. The van der Waals surface area contributed by atoms with Crippen LogP contribution in [-0.4, -0.2) is 57.6 Å². The van der Waals surface area contributed by atoms with E-state index in [1.807, 2.05) is 34.6 Å². The van der Waals surface area contributed by atoms with Gasteiger partial charge in [0.1, 0.15) is 0 Å². The van der Waals surface area contributed by atoms with Crippen molar-refractivity contribution in [1.29, 1.82) is 0 Å². The van der Waals surface area contributed by atoms with Gasteiger partial charge in [-0.25, -0.2) is 0 Å². The zero-order valence-electron chi connectivity index (χ0n) is 14.6. The molecule has 0 rings (SSSR count). The fourth-order valence-corrected chi connectivity index (χ4v) is 8.70. The van der Waals surface area contributed by atoms with Crippen molar-refractivity contribution in [2.45, 2.75) is 59.0 Å². The molecule has 7 heteroatoms. The van der Waals surface area contributed by atoms with Gasteiger partial charge in [0.2, 0.25) is 0 Å². The van der Waals surface area contributed by atoms with Crippen molar-refractivity contribution in [3.05, 3.63) is 0 Å². The first-order valence-electron chi connectivity index (χ1n) is 8.25. The Labute approximate surface area is 133 Å². The van der Waals surface area contributed by atoms with Crippen molar-refractivity contribution in [1.82, 2.24) is 0 Å². The normalized spacial score (nSPS) is 14.4. The molecule has 0 aromatic heterocycles. The highest BCUT2D eigenvalue weighted by molar-refractivity contribution is 6.73. The van der Waals surface area contributed by atoms with Gasteiger partial charge in [0.15, 0.2) is 6.29 Å². The van der Waals surface area contributed by atoms with Gasteiger partial charge in [-0.15, -0.1) is 0 Å². The summed E-state index contributed by atoms with van der Waals surface area (Å²) in [6, 6.07) is 0.963. The van der Waals surface area contributed by atoms with Gasteiger partial charge in [0, 0.05) is 47.7 Å². The third kappa shape index (κ3) is 7.87. The molecule has 0 saturated heterocycles. The van der Waals surface area contributed by atoms with Gasteiger partial charge in [-0.2, -0.15) is 0 Å². The molecular weight excluding hydrogens is 304 g/mol. The fraction of sp³-hybridized carbons (Fsp3) is 1.00. The lowest BCUT2D eigenvalue weighted by molar-refractivity contribution is -0.123. The molecule has 0 aromatic rings. The van der Waals surface area contributed by atoms with Gasteiger partial charge in [0.05, 0.1) is 0 Å². The van der Waals surface area contributed by atoms with Crippen LogP contribution in [0.3, 0.4) is 0 Å².